The Morgan fingerprint density at radius 1 is 1.47 bits per heavy atom. The van der Waals surface area contributed by atoms with Crippen molar-refractivity contribution in [2.75, 3.05) is 6.61 Å². The maximum atomic E-state index is 10.3. The van der Waals surface area contributed by atoms with E-state index in [4.69, 9.17) is 33.8 Å². The zero-order valence-electron chi connectivity index (χ0n) is 7.80. The Morgan fingerprint density at radius 2 is 2.20 bits per heavy atom. The van der Waals surface area contributed by atoms with Crippen LogP contribution < -0.4 is 11.2 Å². The second-order valence-corrected chi connectivity index (χ2v) is 3.57. The van der Waals surface area contributed by atoms with Crippen LogP contribution in [0.1, 0.15) is 5.56 Å². The van der Waals surface area contributed by atoms with Crippen molar-refractivity contribution in [3.63, 3.8) is 0 Å². The molecule has 0 saturated carbocycles. The van der Waals surface area contributed by atoms with Crippen LogP contribution >= 0.6 is 23.2 Å². The summed E-state index contributed by atoms with van der Waals surface area (Å²) >= 11 is 11.7. The maximum absolute atomic E-state index is 10.3. The molecule has 0 spiro atoms. The predicted octanol–water partition coefficient (Wildman–Crippen LogP) is 1.50. The van der Waals surface area contributed by atoms with Gasteiger partial charge in [0, 0.05) is 6.54 Å². The number of nitrogens with two attached hydrogens (primary N) is 1. The minimum absolute atomic E-state index is 0.182. The number of hydrogen-bond donors (Lipinski definition) is 2. The standard InChI is InChI=1S/C9H10Cl2N2O2/c10-7-3-1-2-6(9(7)11)4-13-15-5-8(12)14/h1-3,13H,4-5H2,(H2,12,14). The summed E-state index contributed by atoms with van der Waals surface area (Å²) in [6, 6.07) is 5.27. The van der Waals surface area contributed by atoms with Gasteiger partial charge in [0.2, 0.25) is 5.91 Å². The van der Waals surface area contributed by atoms with Gasteiger partial charge in [-0.05, 0) is 11.6 Å². The van der Waals surface area contributed by atoms with E-state index in [-0.39, 0.29) is 6.61 Å². The number of carbonyl (C=O) groups is 1. The fraction of sp³-hybridized carbons (Fsp3) is 0.222. The maximum Gasteiger partial charge on any atom is 0.245 e. The minimum atomic E-state index is -0.542. The van der Waals surface area contributed by atoms with E-state index in [0.717, 1.165) is 5.56 Å². The molecule has 0 fully saturated rings. The van der Waals surface area contributed by atoms with Crippen LogP contribution in [-0.4, -0.2) is 12.5 Å². The second kappa shape index (κ2) is 5.92. The van der Waals surface area contributed by atoms with Crippen molar-refractivity contribution >= 4 is 29.1 Å². The Morgan fingerprint density at radius 3 is 2.87 bits per heavy atom. The summed E-state index contributed by atoms with van der Waals surface area (Å²) in [5.74, 6) is -0.542. The topological polar surface area (TPSA) is 64.4 Å². The van der Waals surface area contributed by atoms with Gasteiger partial charge in [0.05, 0.1) is 10.0 Å². The number of amides is 1. The smallest absolute Gasteiger partial charge is 0.245 e. The summed E-state index contributed by atoms with van der Waals surface area (Å²) in [5.41, 5.74) is 8.22. The number of rotatable bonds is 5. The first-order chi connectivity index (χ1) is 7.11. The van der Waals surface area contributed by atoms with Gasteiger partial charge in [-0.1, -0.05) is 35.3 Å². The molecule has 0 heterocycles. The van der Waals surface area contributed by atoms with E-state index >= 15 is 0 Å². The predicted molar refractivity (Wildman–Crippen MR) is 58.4 cm³/mol. The number of primary amides is 1. The van der Waals surface area contributed by atoms with E-state index in [9.17, 15) is 4.79 Å². The highest BCUT2D eigenvalue weighted by Gasteiger charge is 2.03. The van der Waals surface area contributed by atoms with Crippen molar-refractivity contribution in [3.8, 4) is 0 Å². The molecule has 0 radical (unpaired) electrons. The van der Waals surface area contributed by atoms with Crippen molar-refractivity contribution in [1.29, 1.82) is 0 Å². The molecule has 0 atom stereocenters. The summed E-state index contributed by atoms with van der Waals surface area (Å²) in [4.78, 5) is 15.1. The van der Waals surface area contributed by atoms with Gasteiger partial charge in [-0.3, -0.25) is 9.63 Å². The number of halogens is 2. The van der Waals surface area contributed by atoms with Crippen molar-refractivity contribution in [2.45, 2.75) is 6.54 Å². The molecule has 1 rings (SSSR count). The summed E-state index contributed by atoms with van der Waals surface area (Å²) in [7, 11) is 0. The lowest BCUT2D eigenvalue weighted by Gasteiger charge is -2.06. The normalized spacial score (nSPS) is 10.3. The van der Waals surface area contributed by atoms with Crippen LogP contribution in [0.2, 0.25) is 10.0 Å². The van der Waals surface area contributed by atoms with E-state index in [2.05, 4.69) is 5.48 Å². The van der Waals surface area contributed by atoms with Gasteiger partial charge in [-0.2, -0.15) is 5.48 Å². The number of benzene rings is 1. The van der Waals surface area contributed by atoms with Crippen LogP contribution in [0.4, 0.5) is 0 Å². The Hall–Kier alpha value is -0.810. The van der Waals surface area contributed by atoms with Gasteiger partial charge in [0.25, 0.3) is 0 Å². The lowest BCUT2D eigenvalue weighted by Crippen LogP contribution is -2.24. The van der Waals surface area contributed by atoms with Crippen LogP contribution in [-0.2, 0) is 16.2 Å². The molecule has 3 N–H and O–H groups in total. The number of hydroxylamine groups is 1. The lowest BCUT2D eigenvalue weighted by atomic mass is 10.2. The van der Waals surface area contributed by atoms with Crippen molar-refractivity contribution in [3.05, 3.63) is 33.8 Å². The lowest BCUT2D eigenvalue weighted by molar-refractivity contribution is -0.125. The van der Waals surface area contributed by atoms with Crippen molar-refractivity contribution in [2.24, 2.45) is 5.73 Å². The third kappa shape index (κ3) is 4.05. The van der Waals surface area contributed by atoms with E-state index in [1.165, 1.54) is 0 Å². The fourth-order valence-corrected chi connectivity index (χ4v) is 1.32. The first kappa shape index (κ1) is 12.3. The third-order valence-electron chi connectivity index (χ3n) is 1.61. The Balaban J connectivity index is 2.44. The van der Waals surface area contributed by atoms with Crippen LogP contribution in [0.25, 0.3) is 0 Å². The van der Waals surface area contributed by atoms with Crippen molar-refractivity contribution < 1.29 is 9.63 Å². The molecule has 0 saturated heterocycles. The van der Waals surface area contributed by atoms with Crippen LogP contribution in [0.3, 0.4) is 0 Å². The molecule has 0 aliphatic rings. The average molecular weight is 249 g/mol. The van der Waals surface area contributed by atoms with Crippen LogP contribution in [0.5, 0.6) is 0 Å². The Bertz CT molecular complexity index is 358. The van der Waals surface area contributed by atoms with E-state index in [1.54, 1.807) is 18.2 Å². The summed E-state index contributed by atoms with van der Waals surface area (Å²) < 4.78 is 0. The first-order valence-electron chi connectivity index (χ1n) is 4.17. The molecule has 6 heteroatoms. The number of nitrogens with one attached hydrogen (secondary N) is 1. The number of hydrogen-bond acceptors (Lipinski definition) is 3. The molecule has 15 heavy (non-hydrogen) atoms. The molecule has 1 aromatic carbocycles. The largest absolute Gasteiger partial charge is 0.368 e. The molecule has 0 bridgehead atoms. The van der Waals surface area contributed by atoms with Gasteiger partial charge in [-0.25, -0.2) is 0 Å². The van der Waals surface area contributed by atoms with E-state index < -0.39 is 5.91 Å². The molecule has 0 aromatic heterocycles. The fourth-order valence-electron chi connectivity index (χ4n) is 0.936. The van der Waals surface area contributed by atoms with Gasteiger partial charge in [0.15, 0.2) is 0 Å². The van der Waals surface area contributed by atoms with Gasteiger partial charge >= 0.3 is 0 Å². The molecular weight excluding hydrogens is 239 g/mol. The van der Waals surface area contributed by atoms with Crippen molar-refractivity contribution in [1.82, 2.24) is 5.48 Å². The van der Waals surface area contributed by atoms with E-state index in [0.29, 0.717) is 16.6 Å². The molecule has 1 aromatic rings. The average Bonchev–Trinajstić information content (AvgIpc) is 2.18. The summed E-state index contributed by atoms with van der Waals surface area (Å²) in [6.07, 6.45) is 0. The molecule has 4 nitrogen and oxygen atoms in total. The SMILES string of the molecule is NC(=O)CONCc1cccc(Cl)c1Cl. The van der Waals surface area contributed by atoms with Gasteiger partial charge in [-0.15, -0.1) is 0 Å². The zero-order valence-corrected chi connectivity index (χ0v) is 9.31. The summed E-state index contributed by atoms with van der Waals surface area (Å²) in [6.45, 7) is 0.171. The summed E-state index contributed by atoms with van der Waals surface area (Å²) in [5, 5.41) is 0.945. The highest BCUT2D eigenvalue weighted by molar-refractivity contribution is 6.42. The minimum Gasteiger partial charge on any atom is -0.368 e. The Labute approximate surface area is 97.3 Å². The third-order valence-corrected chi connectivity index (χ3v) is 2.47. The highest BCUT2D eigenvalue weighted by atomic mass is 35.5. The quantitative estimate of drug-likeness (QED) is 0.614. The van der Waals surface area contributed by atoms with Crippen LogP contribution in [0.15, 0.2) is 18.2 Å². The Kier molecular flexibility index (Phi) is 4.84. The molecule has 0 aliphatic carbocycles. The second-order valence-electron chi connectivity index (χ2n) is 2.79. The van der Waals surface area contributed by atoms with Gasteiger partial charge < -0.3 is 5.73 Å². The molecule has 0 aliphatic heterocycles. The zero-order chi connectivity index (χ0) is 11.3. The first-order valence-corrected chi connectivity index (χ1v) is 4.92. The highest BCUT2D eigenvalue weighted by Crippen LogP contribution is 2.25. The van der Waals surface area contributed by atoms with Gasteiger partial charge in [0.1, 0.15) is 6.61 Å². The monoisotopic (exact) mass is 248 g/mol. The molecule has 82 valence electrons. The molecule has 1 amide bonds. The molecular formula is C9H10Cl2N2O2. The number of carbonyl (C=O) groups excluding carboxylic acids is 1. The molecule has 0 unspecified atom stereocenters. The van der Waals surface area contributed by atoms with E-state index in [1.807, 2.05) is 0 Å². The van der Waals surface area contributed by atoms with Crippen LogP contribution in [0, 0.1) is 0 Å².